The number of amides is 2. The number of thiocarbonyl (C=S) groups is 1. The Bertz CT molecular complexity index is 999. The molecule has 2 fully saturated rings. The number of nitrogens with one attached hydrogen (secondary N) is 1. The van der Waals surface area contributed by atoms with Gasteiger partial charge in [-0.25, -0.2) is 4.79 Å². The molecule has 156 valence electrons. The summed E-state index contributed by atoms with van der Waals surface area (Å²) in [5, 5.41) is 2.93. The smallest absolute Gasteiger partial charge is 0.409 e. The fourth-order valence-corrected chi connectivity index (χ4v) is 4.86. The average molecular weight is 463 g/mol. The van der Waals surface area contributed by atoms with Gasteiger partial charge in [-0.05, 0) is 48.2 Å². The number of benzene rings is 2. The zero-order valence-electron chi connectivity index (χ0n) is 16.1. The maximum atomic E-state index is 11.9. The van der Waals surface area contributed by atoms with E-state index < -0.39 is 0 Å². The van der Waals surface area contributed by atoms with E-state index in [1.54, 1.807) is 18.0 Å². The predicted octanol–water partition coefficient (Wildman–Crippen LogP) is 4.18. The van der Waals surface area contributed by atoms with Crippen molar-refractivity contribution in [1.82, 2.24) is 10.2 Å². The minimum atomic E-state index is -0.282. The van der Waals surface area contributed by atoms with Crippen molar-refractivity contribution in [2.24, 2.45) is 0 Å². The molecule has 2 amide bonds. The van der Waals surface area contributed by atoms with Crippen LogP contribution in [-0.2, 0) is 22.4 Å². The van der Waals surface area contributed by atoms with Crippen LogP contribution in [0.2, 0.25) is 5.02 Å². The highest BCUT2D eigenvalue weighted by Crippen LogP contribution is 2.31. The number of cyclic esters (lactones) is 1. The van der Waals surface area contributed by atoms with Crippen molar-refractivity contribution in [2.45, 2.75) is 24.1 Å². The molecule has 2 aliphatic rings. The fraction of sp³-hybridized carbons (Fsp3) is 0.286. The van der Waals surface area contributed by atoms with Gasteiger partial charge < -0.3 is 19.7 Å². The summed E-state index contributed by atoms with van der Waals surface area (Å²) in [7, 11) is 1.75. The third-order valence-corrected chi connectivity index (χ3v) is 6.79. The molecular weight excluding hydrogens is 444 g/mol. The molecule has 0 aromatic heterocycles. The van der Waals surface area contributed by atoms with Gasteiger partial charge in [-0.15, -0.1) is 0 Å². The topological polar surface area (TPSA) is 67.9 Å². The summed E-state index contributed by atoms with van der Waals surface area (Å²) in [6, 6.07) is 13.2. The highest BCUT2D eigenvalue weighted by molar-refractivity contribution is 8.24. The van der Waals surface area contributed by atoms with Crippen molar-refractivity contribution in [3.63, 3.8) is 0 Å². The first-order chi connectivity index (χ1) is 14.4. The molecule has 0 bridgehead atoms. The number of ether oxygens (including phenoxy) is 2. The number of rotatable bonds is 6. The van der Waals surface area contributed by atoms with Crippen molar-refractivity contribution in [1.29, 1.82) is 0 Å². The van der Waals surface area contributed by atoms with E-state index in [1.807, 2.05) is 36.4 Å². The van der Waals surface area contributed by atoms with Crippen LogP contribution in [-0.4, -0.2) is 46.2 Å². The molecule has 2 aromatic rings. The van der Waals surface area contributed by atoms with Crippen molar-refractivity contribution < 1.29 is 19.1 Å². The summed E-state index contributed by atoms with van der Waals surface area (Å²) in [6.45, 7) is 0.408. The molecule has 2 unspecified atom stereocenters. The first-order valence-corrected chi connectivity index (χ1v) is 11.0. The van der Waals surface area contributed by atoms with Crippen LogP contribution in [0.15, 0.2) is 42.5 Å². The standard InChI is InChI=1S/C21H19ClN2O4S2/c1-24-14(11-27-21(24)26)8-12-2-5-15(6-3-12)28-16-7-4-13(17(22)10-16)9-18-19(25)23-20(29)30-18/h2-7,10,14,18H,8-9,11H2,1H3,(H,23,25,29). The van der Waals surface area contributed by atoms with Crippen molar-refractivity contribution in [3.05, 3.63) is 58.6 Å². The third kappa shape index (κ3) is 4.71. The molecule has 0 aliphatic carbocycles. The van der Waals surface area contributed by atoms with Gasteiger partial charge in [-0.2, -0.15) is 0 Å². The molecule has 2 aromatic carbocycles. The number of nitrogens with zero attached hydrogens (tertiary/aromatic N) is 1. The van der Waals surface area contributed by atoms with Crippen molar-refractivity contribution in [3.8, 4) is 11.5 Å². The van der Waals surface area contributed by atoms with Crippen LogP contribution < -0.4 is 10.1 Å². The van der Waals surface area contributed by atoms with Gasteiger partial charge in [0.05, 0.1) is 11.3 Å². The number of likely N-dealkylation sites (N-methyl/N-ethyl adjacent to an activating group) is 1. The Morgan fingerprint density at radius 1 is 1.20 bits per heavy atom. The zero-order valence-corrected chi connectivity index (χ0v) is 18.5. The van der Waals surface area contributed by atoms with Crippen LogP contribution >= 0.6 is 35.6 Å². The van der Waals surface area contributed by atoms with Crippen LogP contribution in [0, 0.1) is 0 Å². The predicted molar refractivity (Wildman–Crippen MR) is 120 cm³/mol. The molecule has 6 nitrogen and oxygen atoms in total. The summed E-state index contributed by atoms with van der Waals surface area (Å²) in [6.07, 6.45) is 0.945. The van der Waals surface area contributed by atoms with E-state index in [0.29, 0.717) is 33.9 Å². The van der Waals surface area contributed by atoms with E-state index in [0.717, 1.165) is 17.5 Å². The number of carbonyl (C=O) groups is 2. The Kier molecular flexibility index (Phi) is 6.17. The SMILES string of the molecule is CN1C(=O)OCC1Cc1ccc(Oc2ccc(CC3SC(=S)NC3=O)c(Cl)c2)cc1. The molecule has 0 saturated carbocycles. The summed E-state index contributed by atoms with van der Waals surface area (Å²) < 4.78 is 11.5. The van der Waals surface area contributed by atoms with E-state index in [1.165, 1.54) is 11.8 Å². The Hall–Kier alpha value is -2.29. The summed E-state index contributed by atoms with van der Waals surface area (Å²) in [4.78, 5) is 24.9. The Morgan fingerprint density at radius 2 is 1.93 bits per heavy atom. The second-order valence-electron chi connectivity index (χ2n) is 7.13. The lowest BCUT2D eigenvalue weighted by Crippen LogP contribution is -2.30. The molecule has 2 heterocycles. The van der Waals surface area contributed by atoms with Gasteiger partial charge in [0.15, 0.2) is 0 Å². The van der Waals surface area contributed by atoms with Gasteiger partial charge in [0.2, 0.25) is 5.91 Å². The molecule has 2 atom stereocenters. The molecule has 4 rings (SSSR count). The van der Waals surface area contributed by atoms with Gasteiger partial charge in [-0.3, -0.25) is 4.79 Å². The highest BCUT2D eigenvalue weighted by Gasteiger charge is 2.30. The fourth-order valence-electron chi connectivity index (χ4n) is 3.31. The first kappa shape index (κ1) is 21.0. The molecule has 2 saturated heterocycles. The van der Waals surface area contributed by atoms with Gasteiger partial charge in [0.25, 0.3) is 0 Å². The second-order valence-corrected chi connectivity index (χ2v) is 9.42. The molecule has 0 spiro atoms. The second kappa shape index (κ2) is 8.83. The lowest BCUT2D eigenvalue weighted by atomic mass is 10.1. The Balaban J connectivity index is 1.37. The first-order valence-electron chi connectivity index (χ1n) is 9.35. The summed E-state index contributed by atoms with van der Waals surface area (Å²) in [5.41, 5.74) is 1.96. The average Bonchev–Trinajstić information content (AvgIpc) is 3.20. The Morgan fingerprint density at radius 3 is 2.53 bits per heavy atom. The van der Waals surface area contributed by atoms with Gasteiger partial charge >= 0.3 is 6.09 Å². The number of thioether (sulfide) groups is 1. The maximum Gasteiger partial charge on any atom is 0.409 e. The normalized spacial score (nSPS) is 21.0. The van der Waals surface area contributed by atoms with Crippen LogP contribution in [0.4, 0.5) is 4.79 Å². The largest absolute Gasteiger partial charge is 0.457 e. The molecule has 2 aliphatic heterocycles. The molecule has 30 heavy (non-hydrogen) atoms. The minimum absolute atomic E-state index is 0.0464. The van der Waals surface area contributed by atoms with Crippen LogP contribution in [0.1, 0.15) is 11.1 Å². The van der Waals surface area contributed by atoms with E-state index >= 15 is 0 Å². The number of carbonyl (C=O) groups excluding carboxylic acids is 2. The minimum Gasteiger partial charge on any atom is -0.457 e. The quantitative estimate of drug-likeness (QED) is 0.649. The van der Waals surface area contributed by atoms with Crippen LogP contribution in [0.3, 0.4) is 0 Å². The van der Waals surface area contributed by atoms with Gasteiger partial charge in [-0.1, -0.05) is 53.8 Å². The lowest BCUT2D eigenvalue weighted by molar-refractivity contribution is -0.118. The number of hydrogen-bond acceptors (Lipinski definition) is 6. The van der Waals surface area contributed by atoms with Gasteiger partial charge in [0.1, 0.15) is 22.4 Å². The molecular formula is C21H19ClN2O4S2. The van der Waals surface area contributed by atoms with E-state index in [9.17, 15) is 9.59 Å². The molecule has 1 N–H and O–H groups in total. The lowest BCUT2D eigenvalue weighted by Gasteiger charge is -2.16. The van der Waals surface area contributed by atoms with E-state index in [-0.39, 0.29) is 23.3 Å². The van der Waals surface area contributed by atoms with Crippen molar-refractivity contribution in [2.75, 3.05) is 13.7 Å². The molecule has 0 radical (unpaired) electrons. The number of halogens is 1. The van der Waals surface area contributed by atoms with Gasteiger partial charge in [0, 0.05) is 12.1 Å². The number of hydrogen-bond donors (Lipinski definition) is 1. The maximum absolute atomic E-state index is 11.9. The highest BCUT2D eigenvalue weighted by atomic mass is 35.5. The van der Waals surface area contributed by atoms with Crippen LogP contribution in [0.25, 0.3) is 0 Å². The third-order valence-electron chi connectivity index (χ3n) is 5.06. The monoisotopic (exact) mass is 462 g/mol. The Labute approximate surface area is 188 Å². The van der Waals surface area contributed by atoms with Crippen LogP contribution in [0.5, 0.6) is 11.5 Å². The molecule has 9 heteroatoms. The summed E-state index contributed by atoms with van der Waals surface area (Å²) >= 11 is 12.8. The zero-order chi connectivity index (χ0) is 21.3. The van der Waals surface area contributed by atoms with E-state index in [4.69, 9.17) is 33.3 Å². The van der Waals surface area contributed by atoms with Crippen molar-refractivity contribution >= 4 is 51.9 Å². The van der Waals surface area contributed by atoms with E-state index in [2.05, 4.69) is 5.32 Å². The summed E-state index contributed by atoms with van der Waals surface area (Å²) in [5.74, 6) is 1.22.